The summed E-state index contributed by atoms with van der Waals surface area (Å²) in [5.41, 5.74) is 9.14. The summed E-state index contributed by atoms with van der Waals surface area (Å²) in [5.74, 6) is 0.758. The molecule has 230 valence electrons. The third-order valence-corrected chi connectivity index (χ3v) is 9.45. The number of benzene rings is 3. The smallest absolute Gasteiger partial charge is 0.123 e. The van der Waals surface area contributed by atoms with Gasteiger partial charge in [0.2, 0.25) is 0 Å². The van der Waals surface area contributed by atoms with Crippen LogP contribution in [-0.2, 0) is 34.5 Å². The van der Waals surface area contributed by atoms with Crippen molar-refractivity contribution in [2.24, 2.45) is 0 Å². The van der Waals surface area contributed by atoms with E-state index >= 15 is 0 Å². The first-order valence-electron chi connectivity index (χ1n) is 15.0. The molecule has 0 fully saturated rings. The highest BCUT2D eigenvalue weighted by molar-refractivity contribution is 6.35. The van der Waals surface area contributed by atoms with E-state index in [0.717, 1.165) is 65.7 Å². The monoisotopic (exact) mass is 610 g/mol. The lowest BCUT2D eigenvalue weighted by molar-refractivity contribution is 0.422. The molecular weight excluding hydrogens is 559 g/mol. The maximum atomic E-state index is 11.2. The van der Waals surface area contributed by atoms with Crippen LogP contribution in [0.3, 0.4) is 0 Å². The summed E-state index contributed by atoms with van der Waals surface area (Å²) in [6, 6.07) is 8.48. The summed E-state index contributed by atoms with van der Waals surface area (Å²) >= 11 is 14.3. The van der Waals surface area contributed by atoms with E-state index < -0.39 is 0 Å². The van der Waals surface area contributed by atoms with Crippen LogP contribution >= 0.6 is 23.2 Å². The third kappa shape index (κ3) is 6.97. The minimum Gasteiger partial charge on any atom is -0.507 e. The zero-order valence-electron chi connectivity index (χ0n) is 28.4. The minimum atomic E-state index is -0.210. The van der Waals surface area contributed by atoms with E-state index in [1.807, 2.05) is 0 Å². The first-order chi connectivity index (χ1) is 18.9. The number of hydrogen-bond acceptors (Lipinski definition) is 2. The summed E-state index contributed by atoms with van der Waals surface area (Å²) in [6.45, 7) is 29.7. The average Bonchev–Trinajstić information content (AvgIpc) is 2.82. The van der Waals surface area contributed by atoms with Crippen molar-refractivity contribution in [1.29, 1.82) is 0 Å². The van der Waals surface area contributed by atoms with E-state index in [9.17, 15) is 10.2 Å². The van der Waals surface area contributed by atoms with E-state index in [0.29, 0.717) is 24.3 Å². The van der Waals surface area contributed by atoms with Gasteiger partial charge in [0.25, 0.3) is 0 Å². The molecule has 2 nitrogen and oxygen atoms in total. The van der Waals surface area contributed by atoms with Crippen LogP contribution in [0.2, 0.25) is 10.0 Å². The molecule has 0 saturated carbocycles. The van der Waals surface area contributed by atoms with Crippen LogP contribution in [0.4, 0.5) is 0 Å². The molecule has 0 atom stereocenters. The fourth-order valence-corrected chi connectivity index (χ4v) is 6.40. The van der Waals surface area contributed by atoms with Gasteiger partial charge in [-0.1, -0.05) is 131 Å². The molecule has 0 aliphatic heterocycles. The Morgan fingerprint density at radius 3 is 0.881 bits per heavy atom. The molecule has 0 aliphatic rings. The maximum absolute atomic E-state index is 11.2. The van der Waals surface area contributed by atoms with Crippen molar-refractivity contribution < 1.29 is 10.2 Å². The lowest BCUT2D eigenvalue weighted by Crippen LogP contribution is -2.18. The van der Waals surface area contributed by atoms with Gasteiger partial charge in [-0.05, 0) is 104 Å². The van der Waals surface area contributed by atoms with Crippen molar-refractivity contribution in [2.45, 2.75) is 131 Å². The normalized spacial score (nSPS) is 13.1. The SMILES string of the molecule is Cc1c(Cl)c(Cc2cc(C(C)(C)C)c(O)c(C(C)(C)C)c2)c(C)c(Cl)c1Cc1cc(C(C)(C)C)c(O)c(C(C)(C)C)c1. The Hall–Kier alpha value is -2.16. The summed E-state index contributed by atoms with van der Waals surface area (Å²) in [5, 5.41) is 23.9. The molecule has 2 N–H and O–H groups in total. The van der Waals surface area contributed by atoms with Crippen molar-refractivity contribution >= 4 is 23.2 Å². The molecular formula is C38H52Cl2O2. The minimum absolute atomic E-state index is 0.210. The van der Waals surface area contributed by atoms with Crippen LogP contribution in [0.5, 0.6) is 11.5 Å². The van der Waals surface area contributed by atoms with Gasteiger partial charge < -0.3 is 10.2 Å². The molecule has 0 amide bonds. The van der Waals surface area contributed by atoms with Crippen LogP contribution in [0, 0.1) is 13.8 Å². The van der Waals surface area contributed by atoms with Crippen molar-refractivity contribution in [3.63, 3.8) is 0 Å². The molecule has 42 heavy (non-hydrogen) atoms. The van der Waals surface area contributed by atoms with Crippen molar-refractivity contribution in [1.82, 2.24) is 0 Å². The maximum Gasteiger partial charge on any atom is 0.123 e. The van der Waals surface area contributed by atoms with E-state index in [-0.39, 0.29) is 21.7 Å². The first-order valence-corrected chi connectivity index (χ1v) is 15.8. The Morgan fingerprint density at radius 1 is 0.476 bits per heavy atom. The van der Waals surface area contributed by atoms with E-state index in [1.165, 1.54) is 0 Å². The molecule has 0 radical (unpaired) electrons. The zero-order valence-corrected chi connectivity index (χ0v) is 29.9. The molecule has 0 spiro atoms. The summed E-state index contributed by atoms with van der Waals surface area (Å²) in [7, 11) is 0. The molecule has 0 aliphatic carbocycles. The fraction of sp³-hybridized carbons (Fsp3) is 0.526. The molecule has 0 unspecified atom stereocenters. The van der Waals surface area contributed by atoms with E-state index in [1.54, 1.807) is 0 Å². The quantitative estimate of drug-likeness (QED) is 0.308. The predicted molar refractivity (Wildman–Crippen MR) is 183 cm³/mol. The molecule has 3 aromatic carbocycles. The second-order valence-electron chi connectivity index (χ2n) is 16.3. The standard InChI is InChI=1S/C38H52Cl2O2/c1-21-25(15-23-17-27(35(3,4)5)33(41)28(18-23)36(6,7)8)32(40)22(2)26(31(21)39)16-24-19-29(37(9,10)11)34(42)30(20-24)38(12,13)14/h17-20,41-42H,15-16H2,1-14H3. The number of aromatic hydroxyl groups is 2. The molecule has 0 saturated heterocycles. The number of rotatable bonds is 4. The summed E-state index contributed by atoms with van der Waals surface area (Å²) < 4.78 is 0. The molecule has 0 heterocycles. The van der Waals surface area contributed by atoms with Crippen LogP contribution in [-0.4, -0.2) is 10.2 Å². The third-order valence-electron chi connectivity index (χ3n) is 8.43. The van der Waals surface area contributed by atoms with Gasteiger partial charge in [-0.15, -0.1) is 0 Å². The molecule has 0 aromatic heterocycles. The zero-order chi connectivity index (χ0) is 32.3. The predicted octanol–water partition coefficient (Wildman–Crippen LogP) is 11.4. The molecule has 3 aromatic rings. The van der Waals surface area contributed by atoms with Crippen molar-refractivity contribution in [3.05, 3.63) is 89.9 Å². The highest BCUT2D eigenvalue weighted by atomic mass is 35.5. The molecule has 4 heteroatoms. The largest absolute Gasteiger partial charge is 0.507 e. The molecule has 0 bridgehead atoms. The Balaban J connectivity index is 2.18. The first kappa shape index (κ1) is 34.3. The number of halogens is 2. The van der Waals surface area contributed by atoms with E-state index in [4.69, 9.17) is 23.2 Å². The van der Waals surface area contributed by atoms with Crippen LogP contribution in [0.15, 0.2) is 24.3 Å². The Kier molecular flexibility index (Phi) is 9.32. The van der Waals surface area contributed by atoms with Crippen LogP contribution in [0.1, 0.15) is 139 Å². The highest BCUT2D eigenvalue weighted by Crippen LogP contribution is 2.44. The fourth-order valence-electron chi connectivity index (χ4n) is 5.75. The van der Waals surface area contributed by atoms with E-state index in [2.05, 4.69) is 121 Å². The second-order valence-corrected chi connectivity index (χ2v) is 17.0. The Labute approximate surface area is 265 Å². The van der Waals surface area contributed by atoms with Gasteiger partial charge in [0.05, 0.1) is 0 Å². The van der Waals surface area contributed by atoms with Gasteiger partial charge in [-0.3, -0.25) is 0 Å². The van der Waals surface area contributed by atoms with Crippen molar-refractivity contribution in [2.75, 3.05) is 0 Å². The van der Waals surface area contributed by atoms with Crippen molar-refractivity contribution in [3.8, 4) is 11.5 Å². The van der Waals surface area contributed by atoms with Crippen LogP contribution in [0.25, 0.3) is 0 Å². The van der Waals surface area contributed by atoms with Gasteiger partial charge in [0.15, 0.2) is 0 Å². The number of hydrogen-bond donors (Lipinski definition) is 2. The molecule has 3 rings (SSSR count). The van der Waals surface area contributed by atoms with Gasteiger partial charge in [-0.25, -0.2) is 0 Å². The Bertz CT molecular complexity index is 1290. The average molecular weight is 612 g/mol. The summed E-state index contributed by atoms with van der Waals surface area (Å²) in [4.78, 5) is 0. The lowest BCUT2D eigenvalue weighted by Gasteiger charge is -2.29. The number of phenols is 2. The van der Waals surface area contributed by atoms with Crippen LogP contribution < -0.4 is 0 Å². The second kappa shape index (κ2) is 11.4. The lowest BCUT2D eigenvalue weighted by atomic mass is 9.77. The van der Waals surface area contributed by atoms with Gasteiger partial charge in [0, 0.05) is 10.0 Å². The summed E-state index contributed by atoms with van der Waals surface area (Å²) in [6.07, 6.45) is 1.25. The van der Waals surface area contributed by atoms with Gasteiger partial charge in [-0.2, -0.15) is 0 Å². The number of phenolic OH excluding ortho intramolecular Hbond substituents is 2. The topological polar surface area (TPSA) is 40.5 Å². The Morgan fingerprint density at radius 2 is 0.690 bits per heavy atom. The van der Waals surface area contributed by atoms with Gasteiger partial charge in [0.1, 0.15) is 11.5 Å². The van der Waals surface area contributed by atoms with Gasteiger partial charge >= 0.3 is 0 Å². The highest BCUT2D eigenvalue weighted by Gasteiger charge is 2.29.